The number of non-ortho nitro benzene ring substituents is 1. The molecule has 1 N–H and O–H groups in total. The van der Waals surface area contributed by atoms with Crippen LogP contribution in [0, 0.1) is 30.3 Å². The first-order valence-electron chi connectivity index (χ1n) is 10.5. The van der Waals surface area contributed by atoms with E-state index < -0.39 is 37.6 Å². The molecule has 0 radical (unpaired) electrons. The molecule has 35 heavy (non-hydrogen) atoms. The number of phenols is 1. The van der Waals surface area contributed by atoms with Crippen LogP contribution in [0.4, 0.5) is 17.1 Å². The Morgan fingerprint density at radius 3 is 1.97 bits per heavy atom. The third kappa shape index (κ3) is 7.85. The Morgan fingerprint density at radius 2 is 1.51 bits per heavy atom. The van der Waals surface area contributed by atoms with Gasteiger partial charge in [0.2, 0.25) is 0 Å². The lowest BCUT2D eigenvalue weighted by Gasteiger charge is -2.26. The maximum atomic E-state index is 11.9. The zero-order chi connectivity index (χ0) is 26.0. The number of hydrogen-bond acceptors (Lipinski definition) is 10. The minimum atomic E-state index is -1.21. The van der Waals surface area contributed by atoms with Crippen LogP contribution in [0.5, 0.6) is 5.75 Å². The smallest absolute Gasteiger partial charge is 0.335 e. The Labute approximate surface area is 199 Å². The predicted octanol–water partition coefficient (Wildman–Crippen LogP) is 3.85. The van der Waals surface area contributed by atoms with Crippen LogP contribution in [0.3, 0.4) is 0 Å². The van der Waals surface area contributed by atoms with Gasteiger partial charge in [0.1, 0.15) is 0 Å². The predicted molar refractivity (Wildman–Crippen MR) is 125 cm³/mol. The first kappa shape index (κ1) is 26.9. The van der Waals surface area contributed by atoms with Gasteiger partial charge in [-0.3, -0.25) is 35.2 Å². The molecule has 0 unspecified atom stereocenters. The van der Waals surface area contributed by atoms with Crippen LogP contribution >= 0.6 is 0 Å². The van der Waals surface area contributed by atoms with E-state index in [2.05, 4.69) is 4.90 Å². The molecule has 3 rings (SSSR count). The molecule has 0 amide bonds. The van der Waals surface area contributed by atoms with Crippen molar-refractivity contribution in [2.45, 2.75) is 19.3 Å². The number of aromatic hydroxyl groups is 1. The zero-order valence-corrected chi connectivity index (χ0v) is 18.9. The number of nitro groups is 3. The average Bonchev–Trinajstić information content (AvgIpc) is 2.84. The summed E-state index contributed by atoms with van der Waals surface area (Å²) < 4.78 is 4.89. The maximum absolute atomic E-state index is 11.9. The van der Waals surface area contributed by atoms with Gasteiger partial charge in [0.05, 0.1) is 39.6 Å². The van der Waals surface area contributed by atoms with Crippen molar-refractivity contribution in [3.05, 3.63) is 83.9 Å². The summed E-state index contributed by atoms with van der Waals surface area (Å²) in [5.74, 6) is -1.44. The summed E-state index contributed by atoms with van der Waals surface area (Å²) in [6.07, 6.45) is 5.67. The van der Waals surface area contributed by atoms with Crippen LogP contribution < -0.4 is 0 Å². The number of piperidine rings is 1. The van der Waals surface area contributed by atoms with Crippen LogP contribution in [-0.4, -0.2) is 57.5 Å². The normalized spacial score (nSPS) is 13.8. The molecule has 0 aliphatic carbocycles. The summed E-state index contributed by atoms with van der Waals surface area (Å²) in [5, 5.41) is 40.2. The molecule has 13 nitrogen and oxygen atoms in total. The minimum absolute atomic E-state index is 0.227. The molecule has 13 heteroatoms. The lowest BCUT2D eigenvalue weighted by atomic mass is 10.1. The second-order valence-corrected chi connectivity index (χ2v) is 7.51. The standard InChI is InChI=1S/C16H21NO2.C6H3N3O7/c1-19-16(18)15(12-14-8-4-2-5-9-14)13-17-10-6-3-7-11-17;10-6-4(8(13)14)1-3(7(11)12)2-5(6)9(15)16/h2,4-5,8-9,12H,3,6-7,10-11,13H2,1H3;1-2,10H/b15-12-;. The third-order valence-corrected chi connectivity index (χ3v) is 5.09. The van der Waals surface area contributed by atoms with Crippen molar-refractivity contribution in [1.29, 1.82) is 0 Å². The number of nitro benzene ring substituents is 3. The van der Waals surface area contributed by atoms with E-state index in [0.717, 1.165) is 24.2 Å². The van der Waals surface area contributed by atoms with Crippen LogP contribution in [0.2, 0.25) is 0 Å². The lowest BCUT2D eigenvalue weighted by Crippen LogP contribution is -2.33. The van der Waals surface area contributed by atoms with Crippen molar-refractivity contribution in [1.82, 2.24) is 4.90 Å². The van der Waals surface area contributed by atoms with Crippen molar-refractivity contribution in [2.75, 3.05) is 26.7 Å². The summed E-state index contributed by atoms with van der Waals surface area (Å²) in [6, 6.07) is 10.8. The van der Waals surface area contributed by atoms with Gasteiger partial charge in [-0.25, -0.2) is 4.79 Å². The molecular formula is C22H24N4O9. The number of carbonyl (C=O) groups is 1. The van der Waals surface area contributed by atoms with Gasteiger partial charge in [-0.1, -0.05) is 36.8 Å². The topological polar surface area (TPSA) is 179 Å². The number of nitrogens with zero attached hydrogens (tertiary/aromatic N) is 4. The van der Waals surface area contributed by atoms with Crippen LogP contribution in [0.25, 0.3) is 6.08 Å². The van der Waals surface area contributed by atoms with Gasteiger partial charge in [0.25, 0.3) is 11.4 Å². The molecule has 1 aliphatic heterocycles. The van der Waals surface area contributed by atoms with E-state index >= 15 is 0 Å². The first-order chi connectivity index (χ1) is 16.6. The largest absolute Gasteiger partial charge is 0.497 e. The van der Waals surface area contributed by atoms with E-state index in [1.807, 2.05) is 36.4 Å². The Kier molecular flexibility index (Phi) is 9.78. The molecule has 1 fully saturated rings. The van der Waals surface area contributed by atoms with Crippen molar-refractivity contribution in [2.24, 2.45) is 0 Å². The molecule has 1 saturated heterocycles. The number of rotatable bonds is 7. The zero-order valence-electron chi connectivity index (χ0n) is 18.9. The Hall–Kier alpha value is -4.39. The number of esters is 1. The van der Waals surface area contributed by atoms with Crippen LogP contribution in [0.15, 0.2) is 48.0 Å². The molecular weight excluding hydrogens is 464 g/mol. The lowest BCUT2D eigenvalue weighted by molar-refractivity contribution is -0.404. The van der Waals surface area contributed by atoms with Gasteiger partial charge >= 0.3 is 17.3 Å². The molecule has 0 spiro atoms. The monoisotopic (exact) mass is 488 g/mol. The van der Waals surface area contributed by atoms with E-state index in [1.165, 1.54) is 26.4 Å². The highest BCUT2D eigenvalue weighted by molar-refractivity contribution is 5.94. The number of phenolic OH excluding ortho intramolecular Hbond substituents is 1. The van der Waals surface area contributed by atoms with Crippen LogP contribution in [0.1, 0.15) is 24.8 Å². The van der Waals surface area contributed by atoms with E-state index in [9.17, 15) is 35.1 Å². The number of benzene rings is 2. The number of ether oxygens (including phenoxy) is 1. The number of hydrogen-bond donors (Lipinski definition) is 1. The number of carbonyl (C=O) groups excluding carboxylic acids is 1. The van der Waals surface area contributed by atoms with Crippen molar-refractivity contribution in [3.63, 3.8) is 0 Å². The highest BCUT2D eigenvalue weighted by Gasteiger charge is 2.30. The van der Waals surface area contributed by atoms with Crippen LogP contribution in [-0.2, 0) is 9.53 Å². The van der Waals surface area contributed by atoms with Gasteiger partial charge in [-0.05, 0) is 37.6 Å². The highest BCUT2D eigenvalue weighted by Crippen LogP contribution is 2.38. The first-order valence-corrected chi connectivity index (χ1v) is 10.5. The number of methoxy groups -OCH3 is 1. The third-order valence-electron chi connectivity index (χ3n) is 5.09. The van der Waals surface area contributed by atoms with Gasteiger partial charge < -0.3 is 9.84 Å². The Morgan fingerprint density at radius 1 is 0.971 bits per heavy atom. The fraction of sp³-hybridized carbons (Fsp3) is 0.318. The maximum Gasteiger partial charge on any atom is 0.335 e. The van der Waals surface area contributed by atoms with Gasteiger partial charge in [-0.15, -0.1) is 0 Å². The number of likely N-dealkylation sites (tertiary alicyclic amines) is 1. The van der Waals surface area contributed by atoms with E-state index in [4.69, 9.17) is 9.84 Å². The van der Waals surface area contributed by atoms with Gasteiger partial charge in [0, 0.05) is 6.54 Å². The summed E-state index contributed by atoms with van der Waals surface area (Å²) >= 11 is 0. The van der Waals surface area contributed by atoms with Crippen molar-refractivity contribution in [3.8, 4) is 5.75 Å². The second kappa shape index (κ2) is 12.7. The quantitative estimate of drug-likeness (QED) is 0.260. The Bertz CT molecular complexity index is 1080. The fourth-order valence-corrected chi connectivity index (χ4v) is 3.38. The summed E-state index contributed by atoms with van der Waals surface area (Å²) in [6.45, 7) is 2.83. The summed E-state index contributed by atoms with van der Waals surface area (Å²) in [5.41, 5.74) is -1.23. The van der Waals surface area contributed by atoms with E-state index in [1.54, 1.807) is 0 Å². The summed E-state index contributed by atoms with van der Waals surface area (Å²) in [7, 11) is 1.44. The molecule has 0 saturated carbocycles. The van der Waals surface area contributed by atoms with Crippen molar-refractivity contribution >= 4 is 29.1 Å². The molecule has 1 aliphatic rings. The highest BCUT2D eigenvalue weighted by atomic mass is 16.6. The van der Waals surface area contributed by atoms with Gasteiger partial charge in [0.15, 0.2) is 0 Å². The Balaban J connectivity index is 0.000000251. The molecule has 0 atom stereocenters. The van der Waals surface area contributed by atoms with Gasteiger partial charge in [-0.2, -0.15) is 0 Å². The molecule has 0 aromatic heterocycles. The van der Waals surface area contributed by atoms with E-state index in [0.29, 0.717) is 18.7 Å². The molecule has 2 aromatic carbocycles. The minimum Gasteiger partial charge on any atom is -0.497 e. The molecule has 186 valence electrons. The fourth-order valence-electron chi connectivity index (χ4n) is 3.38. The summed E-state index contributed by atoms with van der Waals surface area (Å²) in [4.78, 5) is 42.0. The van der Waals surface area contributed by atoms with Crippen molar-refractivity contribution < 1.29 is 29.4 Å². The SMILES string of the molecule is COC(=O)/C(=C\c1ccccc1)CN1CCCCC1.O=[N+]([O-])c1cc([N+](=O)[O-])c(O)c([N+](=O)[O-])c1. The second-order valence-electron chi connectivity index (χ2n) is 7.51. The average molecular weight is 488 g/mol. The molecule has 2 aromatic rings. The molecule has 1 heterocycles. The molecule has 0 bridgehead atoms. The van der Waals surface area contributed by atoms with E-state index in [-0.39, 0.29) is 5.97 Å².